The van der Waals surface area contributed by atoms with Crippen molar-refractivity contribution in [2.45, 2.75) is 129 Å². The first kappa shape index (κ1) is 29.0. The van der Waals surface area contributed by atoms with Crippen LogP contribution < -0.4 is 5.32 Å². The molecule has 0 radical (unpaired) electrons. The van der Waals surface area contributed by atoms with Crippen LogP contribution >= 0.6 is 12.6 Å². The number of carbonyl (C=O) groups excluding carboxylic acids is 1. The Bertz CT molecular complexity index is 440. The van der Waals surface area contributed by atoms with Crippen molar-refractivity contribution in [3.63, 3.8) is 0 Å². The van der Waals surface area contributed by atoms with E-state index in [2.05, 4.69) is 37.0 Å². The third kappa shape index (κ3) is 20.3. The zero-order valence-corrected chi connectivity index (χ0v) is 20.3. The summed E-state index contributed by atoms with van der Waals surface area (Å²) in [6.45, 7) is 2.27. The van der Waals surface area contributed by atoms with Crippen molar-refractivity contribution in [1.29, 1.82) is 0 Å². The van der Waals surface area contributed by atoms with Crippen molar-refractivity contribution in [2.24, 2.45) is 0 Å². The van der Waals surface area contributed by atoms with E-state index in [0.29, 0.717) is 6.42 Å². The summed E-state index contributed by atoms with van der Waals surface area (Å²) in [5.41, 5.74) is 0. The third-order valence-electron chi connectivity index (χ3n) is 5.48. The lowest BCUT2D eigenvalue weighted by Gasteiger charge is -2.11. The number of hydrogen-bond donors (Lipinski definition) is 3. The monoisotopic (exact) mass is 441 g/mol. The van der Waals surface area contributed by atoms with E-state index in [1.807, 2.05) is 0 Å². The number of aliphatic carboxylic acids is 1. The summed E-state index contributed by atoms with van der Waals surface area (Å²) in [7, 11) is 0. The van der Waals surface area contributed by atoms with Crippen LogP contribution in [0.2, 0.25) is 0 Å². The number of unbranched alkanes of at least 4 members (excludes halogenated alkanes) is 15. The predicted octanol–water partition coefficient (Wildman–Crippen LogP) is 7.08. The van der Waals surface area contributed by atoms with Crippen LogP contribution in [0.5, 0.6) is 0 Å². The van der Waals surface area contributed by atoms with E-state index in [0.717, 1.165) is 19.3 Å². The normalized spacial score (nSPS) is 12.3. The molecule has 0 aromatic carbocycles. The van der Waals surface area contributed by atoms with E-state index >= 15 is 0 Å². The van der Waals surface area contributed by atoms with Gasteiger partial charge in [-0.3, -0.25) is 4.79 Å². The number of rotatable bonds is 22. The van der Waals surface area contributed by atoms with Gasteiger partial charge in [0, 0.05) is 12.2 Å². The first-order valence-corrected chi connectivity index (χ1v) is 13.0. The maximum Gasteiger partial charge on any atom is 0.327 e. The molecule has 4 nitrogen and oxygen atoms in total. The topological polar surface area (TPSA) is 66.4 Å². The molecule has 0 bridgehead atoms. The molecular formula is C25H47NO3S. The van der Waals surface area contributed by atoms with Gasteiger partial charge in [-0.2, -0.15) is 12.6 Å². The Hall–Kier alpha value is -0.970. The zero-order chi connectivity index (χ0) is 22.3. The summed E-state index contributed by atoms with van der Waals surface area (Å²) in [4.78, 5) is 22.5. The van der Waals surface area contributed by atoms with Crippen molar-refractivity contribution in [2.75, 3.05) is 5.75 Å². The Labute approximate surface area is 191 Å². The van der Waals surface area contributed by atoms with Gasteiger partial charge in [0.1, 0.15) is 6.04 Å². The molecule has 0 heterocycles. The number of thiol groups is 1. The molecule has 2 N–H and O–H groups in total. The summed E-state index contributed by atoms with van der Waals surface area (Å²) >= 11 is 3.94. The van der Waals surface area contributed by atoms with Gasteiger partial charge in [-0.25, -0.2) is 4.79 Å². The molecule has 1 amide bonds. The lowest BCUT2D eigenvalue weighted by molar-refractivity contribution is -0.141. The molecule has 0 aromatic heterocycles. The first-order valence-electron chi connectivity index (χ1n) is 12.4. The van der Waals surface area contributed by atoms with Gasteiger partial charge in [0.05, 0.1) is 0 Å². The number of carboxylic acid groups (broad SMARTS) is 1. The molecule has 5 heteroatoms. The number of carbonyl (C=O) groups is 2. The first-order chi connectivity index (χ1) is 14.6. The van der Waals surface area contributed by atoms with Crippen LogP contribution in [0, 0.1) is 0 Å². The Morgan fingerprint density at radius 2 is 1.20 bits per heavy atom. The van der Waals surface area contributed by atoms with Gasteiger partial charge >= 0.3 is 5.97 Å². The minimum atomic E-state index is -1.03. The highest BCUT2D eigenvalue weighted by molar-refractivity contribution is 7.80. The van der Waals surface area contributed by atoms with E-state index < -0.39 is 12.0 Å². The number of carboxylic acids is 1. The number of nitrogens with one attached hydrogen (secondary N) is 1. The summed E-state index contributed by atoms with van der Waals surface area (Å²) in [5, 5.41) is 11.4. The molecular weight excluding hydrogens is 394 g/mol. The summed E-state index contributed by atoms with van der Waals surface area (Å²) < 4.78 is 0. The van der Waals surface area contributed by atoms with Crippen LogP contribution in [-0.4, -0.2) is 28.8 Å². The third-order valence-corrected chi connectivity index (χ3v) is 5.85. The molecule has 30 heavy (non-hydrogen) atoms. The van der Waals surface area contributed by atoms with E-state index in [-0.39, 0.29) is 11.7 Å². The van der Waals surface area contributed by atoms with Crippen molar-refractivity contribution < 1.29 is 14.7 Å². The largest absolute Gasteiger partial charge is 0.480 e. The highest BCUT2D eigenvalue weighted by Crippen LogP contribution is 2.12. The predicted molar refractivity (Wildman–Crippen MR) is 131 cm³/mol. The quantitative estimate of drug-likeness (QED) is 0.0955. The van der Waals surface area contributed by atoms with Gasteiger partial charge in [0.25, 0.3) is 0 Å². The highest BCUT2D eigenvalue weighted by atomic mass is 32.1. The maximum absolute atomic E-state index is 11.7. The molecule has 0 saturated carbocycles. The average molecular weight is 442 g/mol. The fraction of sp³-hybridized carbons (Fsp3) is 0.840. The van der Waals surface area contributed by atoms with Crippen LogP contribution in [0.4, 0.5) is 0 Å². The molecule has 0 spiro atoms. The van der Waals surface area contributed by atoms with Gasteiger partial charge in [-0.1, -0.05) is 96.1 Å². The second-order valence-electron chi connectivity index (χ2n) is 8.39. The molecule has 0 aromatic rings. The molecule has 0 rings (SSSR count). The Morgan fingerprint density at radius 1 is 0.767 bits per heavy atom. The van der Waals surface area contributed by atoms with Crippen molar-refractivity contribution in [3.05, 3.63) is 12.2 Å². The standard InChI is InChI=1S/C25H47NO3S/c1-2-3-4-5-6-7-8-9-10-11-12-13-14-15-16-17-18-19-20-21-24(27)26-23(22-30)25(28)29/h11-12,23,30H,2-10,13-22H2,1H3,(H,26,27)(H,28,29)/b12-11-/t23-/m0/s1. The maximum atomic E-state index is 11.7. The molecule has 1 atom stereocenters. The van der Waals surface area contributed by atoms with E-state index in [1.54, 1.807) is 0 Å². The summed E-state index contributed by atoms with van der Waals surface area (Å²) in [6.07, 6.45) is 26.7. The van der Waals surface area contributed by atoms with Crippen LogP contribution in [0.15, 0.2) is 12.2 Å². The number of amides is 1. The Morgan fingerprint density at radius 3 is 1.63 bits per heavy atom. The van der Waals surface area contributed by atoms with Gasteiger partial charge in [-0.05, 0) is 32.1 Å². The zero-order valence-electron chi connectivity index (χ0n) is 19.4. The van der Waals surface area contributed by atoms with Gasteiger partial charge < -0.3 is 10.4 Å². The summed E-state index contributed by atoms with van der Waals surface area (Å²) in [6, 6.07) is -0.879. The smallest absolute Gasteiger partial charge is 0.327 e. The molecule has 0 unspecified atom stereocenters. The molecule has 0 aliphatic carbocycles. The SMILES string of the molecule is CCCCCCCCCC/C=C\CCCCCCCCCC(=O)N[C@@H](CS)C(=O)O. The minimum absolute atomic E-state index is 0.120. The Kier molecular flexibility index (Phi) is 22.0. The average Bonchev–Trinajstić information content (AvgIpc) is 2.73. The van der Waals surface area contributed by atoms with Crippen LogP contribution in [0.25, 0.3) is 0 Å². The van der Waals surface area contributed by atoms with E-state index in [9.17, 15) is 9.59 Å². The number of allylic oxidation sites excluding steroid dienone is 2. The van der Waals surface area contributed by atoms with E-state index in [4.69, 9.17) is 5.11 Å². The lowest BCUT2D eigenvalue weighted by atomic mass is 10.1. The Balaban J connectivity index is 3.30. The molecule has 0 aliphatic rings. The van der Waals surface area contributed by atoms with Gasteiger partial charge in [-0.15, -0.1) is 0 Å². The number of hydrogen-bond acceptors (Lipinski definition) is 3. The van der Waals surface area contributed by atoms with Crippen molar-refractivity contribution in [1.82, 2.24) is 5.32 Å². The fourth-order valence-electron chi connectivity index (χ4n) is 3.52. The van der Waals surface area contributed by atoms with Crippen LogP contribution in [0.1, 0.15) is 122 Å². The van der Waals surface area contributed by atoms with E-state index in [1.165, 1.54) is 89.9 Å². The lowest BCUT2D eigenvalue weighted by Crippen LogP contribution is -2.42. The van der Waals surface area contributed by atoms with Gasteiger partial charge in [0.2, 0.25) is 5.91 Å². The van der Waals surface area contributed by atoms with Crippen LogP contribution in [-0.2, 0) is 9.59 Å². The van der Waals surface area contributed by atoms with Crippen LogP contribution in [0.3, 0.4) is 0 Å². The molecule has 0 fully saturated rings. The summed E-state index contributed by atoms with van der Waals surface area (Å²) in [5.74, 6) is -1.09. The molecule has 0 saturated heterocycles. The second-order valence-corrected chi connectivity index (χ2v) is 8.75. The molecule has 0 aliphatic heterocycles. The minimum Gasteiger partial charge on any atom is -0.480 e. The van der Waals surface area contributed by atoms with Crippen molar-refractivity contribution >= 4 is 24.5 Å². The highest BCUT2D eigenvalue weighted by Gasteiger charge is 2.17. The second kappa shape index (κ2) is 22.7. The van der Waals surface area contributed by atoms with Gasteiger partial charge in [0.15, 0.2) is 0 Å². The van der Waals surface area contributed by atoms with Crippen molar-refractivity contribution in [3.8, 4) is 0 Å². The fourth-order valence-corrected chi connectivity index (χ4v) is 3.76. The molecule has 176 valence electrons.